The van der Waals surface area contributed by atoms with Crippen LogP contribution in [0.4, 0.5) is 14.6 Å². The highest BCUT2D eigenvalue weighted by Crippen LogP contribution is 2.31. The van der Waals surface area contributed by atoms with Crippen LogP contribution in [0.3, 0.4) is 0 Å². The number of halogens is 2. The van der Waals surface area contributed by atoms with E-state index in [-0.39, 0.29) is 35.9 Å². The van der Waals surface area contributed by atoms with Crippen LogP contribution in [0.1, 0.15) is 17.5 Å². The monoisotopic (exact) mass is 426 g/mol. The van der Waals surface area contributed by atoms with Gasteiger partial charge >= 0.3 is 5.97 Å². The van der Waals surface area contributed by atoms with E-state index in [1.54, 1.807) is 36.4 Å². The van der Waals surface area contributed by atoms with Gasteiger partial charge in [-0.05, 0) is 36.2 Å². The summed E-state index contributed by atoms with van der Waals surface area (Å²) in [6.07, 6.45) is -0.255. The van der Waals surface area contributed by atoms with E-state index >= 15 is 0 Å². The molecule has 1 heterocycles. The standard InChI is InChI=1S/C22H20F2N4O3/c1-12-18(23)21(27-9-8-17(29)30)28-22(19(12)24)31-16-7-3-5-14(11-16)13-4-2-6-15(10-13)20(25)26/h2-7,10-11H,8-9H2,1H3,(H3,25,26)(H,27,28)(H,29,30). The quantitative estimate of drug-likeness (QED) is 0.315. The maximum absolute atomic E-state index is 14.6. The number of nitrogen functional groups attached to an aromatic ring is 1. The number of amidine groups is 1. The smallest absolute Gasteiger partial charge is 0.305 e. The summed E-state index contributed by atoms with van der Waals surface area (Å²) >= 11 is 0. The van der Waals surface area contributed by atoms with Gasteiger partial charge < -0.3 is 20.9 Å². The van der Waals surface area contributed by atoms with Crippen LogP contribution in [-0.4, -0.2) is 28.4 Å². The minimum Gasteiger partial charge on any atom is -0.481 e. The molecule has 3 aromatic rings. The number of carboxylic acids is 1. The molecular weight excluding hydrogens is 406 g/mol. The Morgan fingerprint density at radius 1 is 1.16 bits per heavy atom. The van der Waals surface area contributed by atoms with E-state index in [1.807, 2.05) is 12.1 Å². The molecule has 0 amide bonds. The van der Waals surface area contributed by atoms with Crippen LogP contribution < -0.4 is 15.8 Å². The fourth-order valence-corrected chi connectivity index (χ4v) is 2.82. The lowest BCUT2D eigenvalue weighted by molar-refractivity contribution is -0.136. The SMILES string of the molecule is Cc1c(F)c(NCCC(=O)O)nc(Oc2cccc(-c3cccc(C(=N)N)c3)c2)c1F. The highest BCUT2D eigenvalue weighted by Gasteiger charge is 2.19. The Morgan fingerprint density at radius 2 is 1.84 bits per heavy atom. The van der Waals surface area contributed by atoms with E-state index in [1.165, 1.54) is 6.92 Å². The number of hydrogen-bond acceptors (Lipinski definition) is 5. The molecule has 0 saturated carbocycles. The second kappa shape index (κ2) is 9.21. The second-order valence-corrected chi connectivity index (χ2v) is 6.71. The Bertz CT molecular complexity index is 1150. The molecule has 0 bridgehead atoms. The van der Waals surface area contributed by atoms with Crippen molar-refractivity contribution in [2.75, 3.05) is 11.9 Å². The summed E-state index contributed by atoms with van der Waals surface area (Å²) in [5.41, 5.74) is 7.31. The van der Waals surface area contributed by atoms with E-state index in [4.69, 9.17) is 21.0 Å². The maximum Gasteiger partial charge on any atom is 0.305 e. The van der Waals surface area contributed by atoms with Gasteiger partial charge in [-0.3, -0.25) is 10.2 Å². The number of ether oxygens (including phenoxy) is 1. The molecule has 0 atom stereocenters. The molecule has 0 aliphatic carbocycles. The van der Waals surface area contributed by atoms with Crippen molar-refractivity contribution in [2.24, 2.45) is 5.73 Å². The first-order chi connectivity index (χ1) is 14.8. The van der Waals surface area contributed by atoms with Gasteiger partial charge in [-0.25, -0.2) is 8.78 Å². The molecule has 0 radical (unpaired) electrons. The number of hydrogen-bond donors (Lipinski definition) is 4. The molecule has 0 saturated heterocycles. The van der Waals surface area contributed by atoms with Gasteiger partial charge in [0.1, 0.15) is 11.6 Å². The Hall–Kier alpha value is -4.01. The van der Waals surface area contributed by atoms with Gasteiger partial charge in [-0.15, -0.1) is 0 Å². The molecule has 0 unspecified atom stereocenters. The van der Waals surface area contributed by atoms with E-state index in [9.17, 15) is 13.6 Å². The Morgan fingerprint density at radius 3 is 2.52 bits per heavy atom. The molecule has 0 fully saturated rings. The van der Waals surface area contributed by atoms with Crippen molar-refractivity contribution >= 4 is 17.6 Å². The number of aliphatic carboxylic acids is 1. The number of anilines is 1. The van der Waals surface area contributed by atoms with E-state index in [0.29, 0.717) is 5.56 Å². The van der Waals surface area contributed by atoms with Crippen molar-refractivity contribution < 1.29 is 23.4 Å². The average Bonchev–Trinajstić information content (AvgIpc) is 2.75. The third-order valence-corrected chi connectivity index (χ3v) is 4.45. The van der Waals surface area contributed by atoms with Crippen LogP contribution in [-0.2, 0) is 4.79 Å². The number of nitrogens with one attached hydrogen (secondary N) is 2. The highest BCUT2D eigenvalue weighted by atomic mass is 19.1. The zero-order valence-electron chi connectivity index (χ0n) is 16.6. The highest BCUT2D eigenvalue weighted by molar-refractivity contribution is 5.96. The third-order valence-electron chi connectivity index (χ3n) is 4.45. The minimum absolute atomic E-state index is 0.0646. The average molecular weight is 426 g/mol. The molecule has 3 rings (SSSR count). The first-order valence-electron chi connectivity index (χ1n) is 9.30. The van der Waals surface area contributed by atoms with Crippen LogP contribution in [0, 0.1) is 24.0 Å². The predicted octanol–water partition coefficient (Wildman–Crippen LogP) is 4.30. The molecule has 31 heavy (non-hydrogen) atoms. The number of pyridine rings is 1. The van der Waals surface area contributed by atoms with Gasteiger partial charge in [0, 0.05) is 17.7 Å². The molecule has 160 valence electrons. The predicted molar refractivity (Wildman–Crippen MR) is 113 cm³/mol. The molecular formula is C22H20F2N4O3. The van der Waals surface area contributed by atoms with Gasteiger partial charge in [0.25, 0.3) is 5.88 Å². The van der Waals surface area contributed by atoms with Crippen molar-refractivity contribution in [1.82, 2.24) is 4.98 Å². The summed E-state index contributed by atoms with van der Waals surface area (Å²) in [5.74, 6) is -3.46. The Labute approximate surface area is 177 Å². The summed E-state index contributed by atoms with van der Waals surface area (Å²) < 4.78 is 34.4. The van der Waals surface area contributed by atoms with Crippen molar-refractivity contribution in [2.45, 2.75) is 13.3 Å². The number of carboxylic acid groups (broad SMARTS) is 1. The molecule has 9 heteroatoms. The second-order valence-electron chi connectivity index (χ2n) is 6.71. The van der Waals surface area contributed by atoms with E-state index in [0.717, 1.165) is 11.1 Å². The van der Waals surface area contributed by atoms with Crippen molar-refractivity contribution in [3.8, 4) is 22.8 Å². The number of aromatic nitrogens is 1. The fourth-order valence-electron chi connectivity index (χ4n) is 2.82. The molecule has 7 nitrogen and oxygen atoms in total. The summed E-state index contributed by atoms with van der Waals surface area (Å²) in [7, 11) is 0. The molecule has 0 aliphatic heterocycles. The normalized spacial score (nSPS) is 10.5. The number of nitrogens with zero attached hydrogens (tertiary/aromatic N) is 1. The fraction of sp³-hybridized carbons (Fsp3) is 0.136. The van der Waals surface area contributed by atoms with Gasteiger partial charge in [0.15, 0.2) is 17.5 Å². The van der Waals surface area contributed by atoms with Crippen LogP contribution in [0.25, 0.3) is 11.1 Å². The largest absolute Gasteiger partial charge is 0.481 e. The van der Waals surface area contributed by atoms with Crippen LogP contribution >= 0.6 is 0 Å². The van der Waals surface area contributed by atoms with Crippen molar-refractivity contribution in [3.05, 3.63) is 71.3 Å². The molecule has 0 aliphatic rings. The lowest BCUT2D eigenvalue weighted by Crippen LogP contribution is -2.12. The minimum atomic E-state index is -1.06. The van der Waals surface area contributed by atoms with Gasteiger partial charge in [0.2, 0.25) is 0 Å². The van der Waals surface area contributed by atoms with Crippen LogP contribution in [0.5, 0.6) is 11.6 Å². The first kappa shape index (κ1) is 21.7. The van der Waals surface area contributed by atoms with Crippen LogP contribution in [0.15, 0.2) is 48.5 Å². The summed E-state index contributed by atoms with van der Waals surface area (Å²) in [5, 5.41) is 18.8. The number of carbonyl (C=O) groups is 1. The third kappa shape index (κ3) is 5.13. The zero-order valence-corrected chi connectivity index (χ0v) is 16.6. The van der Waals surface area contributed by atoms with Gasteiger partial charge in [-0.1, -0.05) is 30.3 Å². The topological polar surface area (TPSA) is 121 Å². The van der Waals surface area contributed by atoms with Gasteiger partial charge in [-0.2, -0.15) is 4.98 Å². The number of nitrogens with two attached hydrogens (primary N) is 1. The lowest BCUT2D eigenvalue weighted by atomic mass is 10.0. The van der Waals surface area contributed by atoms with Crippen molar-refractivity contribution in [1.29, 1.82) is 5.41 Å². The van der Waals surface area contributed by atoms with Crippen LogP contribution in [0.2, 0.25) is 0 Å². The molecule has 1 aromatic heterocycles. The Kier molecular flexibility index (Phi) is 6.44. The summed E-state index contributed by atoms with van der Waals surface area (Å²) in [4.78, 5) is 14.5. The van der Waals surface area contributed by atoms with E-state index < -0.39 is 23.5 Å². The zero-order chi connectivity index (χ0) is 22.5. The maximum atomic E-state index is 14.6. The number of benzene rings is 2. The Balaban J connectivity index is 1.89. The summed E-state index contributed by atoms with van der Waals surface area (Å²) in [6, 6.07) is 13.8. The lowest BCUT2D eigenvalue weighted by Gasteiger charge is -2.13. The van der Waals surface area contributed by atoms with Crippen molar-refractivity contribution in [3.63, 3.8) is 0 Å². The number of rotatable bonds is 8. The van der Waals surface area contributed by atoms with E-state index in [2.05, 4.69) is 10.3 Å². The van der Waals surface area contributed by atoms with Gasteiger partial charge in [0.05, 0.1) is 6.42 Å². The summed E-state index contributed by atoms with van der Waals surface area (Å²) in [6.45, 7) is 1.16. The molecule has 5 N–H and O–H groups in total. The molecule has 0 spiro atoms. The molecule has 2 aromatic carbocycles. The first-order valence-corrected chi connectivity index (χ1v) is 9.30.